The van der Waals surface area contributed by atoms with Crippen molar-refractivity contribution in [3.8, 4) is 5.75 Å². The van der Waals surface area contributed by atoms with Crippen molar-refractivity contribution >= 4 is 27.6 Å². The third kappa shape index (κ3) is 4.49. The summed E-state index contributed by atoms with van der Waals surface area (Å²) < 4.78 is 6.09. The summed E-state index contributed by atoms with van der Waals surface area (Å²) in [6.45, 7) is 2.50. The average Bonchev–Trinajstić information content (AvgIpc) is 2.45. The van der Waals surface area contributed by atoms with Gasteiger partial charge >= 0.3 is 6.03 Å². The Kier molecular flexibility index (Phi) is 5.22. The fourth-order valence-corrected chi connectivity index (χ4v) is 2.31. The van der Waals surface area contributed by atoms with Crippen molar-refractivity contribution in [2.45, 2.75) is 13.5 Å². The molecule has 0 spiro atoms. The summed E-state index contributed by atoms with van der Waals surface area (Å²) in [4.78, 5) is 12.0. The van der Waals surface area contributed by atoms with Crippen LogP contribution in [0.5, 0.6) is 5.75 Å². The number of hydrogen-bond donors (Lipinski definition) is 2. The third-order valence-electron chi connectivity index (χ3n) is 2.95. The summed E-state index contributed by atoms with van der Waals surface area (Å²) in [5.41, 5.74) is 2.85. The number of halogens is 1. The molecule has 2 N–H and O–H groups in total. The normalized spacial score (nSPS) is 10.0. The molecular formula is C16H17BrN2O2. The first-order valence-corrected chi connectivity index (χ1v) is 7.31. The smallest absolute Gasteiger partial charge is 0.319 e. The zero-order valence-corrected chi connectivity index (χ0v) is 13.5. The van der Waals surface area contributed by atoms with Crippen LogP contribution in [0.3, 0.4) is 0 Å². The zero-order chi connectivity index (χ0) is 15.2. The number of urea groups is 1. The quantitative estimate of drug-likeness (QED) is 0.874. The largest absolute Gasteiger partial charge is 0.495 e. The third-order valence-corrected chi connectivity index (χ3v) is 3.44. The molecule has 0 aromatic heterocycles. The molecule has 0 heterocycles. The summed E-state index contributed by atoms with van der Waals surface area (Å²) in [6, 6.07) is 13.2. The molecule has 2 aromatic rings. The summed E-state index contributed by atoms with van der Waals surface area (Å²) in [7, 11) is 1.57. The Morgan fingerprint density at radius 2 is 2.05 bits per heavy atom. The van der Waals surface area contributed by atoms with Crippen molar-refractivity contribution in [2.24, 2.45) is 0 Å². The maximum atomic E-state index is 12.0. The van der Waals surface area contributed by atoms with Crippen molar-refractivity contribution in [3.63, 3.8) is 0 Å². The van der Waals surface area contributed by atoms with Gasteiger partial charge in [-0.15, -0.1) is 0 Å². The van der Waals surface area contributed by atoms with E-state index < -0.39 is 0 Å². The van der Waals surface area contributed by atoms with Crippen LogP contribution < -0.4 is 15.4 Å². The lowest BCUT2D eigenvalue weighted by molar-refractivity contribution is 0.251. The number of rotatable bonds is 4. The molecule has 0 aliphatic carbocycles. The summed E-state index contributed by atoms with van der Waals surface area (Å²) in [5, 5.41) is 5.61. The Labute approximate surface area is 132 Å². The van der Waals surface area contributed by atoms with Gasteiger partial charge in [-0.2, -0.15) is 0 Å². The van der Waals surface area contributed by atoms with E-state index in [9.17, 15) is 4.79 Å². The second-order valence-corrected chi connectivity index (χ2v) is 5.56. The summed E-state index contributed by atoms with van der Waals surface area (Å²) >= 11 is 3.37. The molecule has 0 bridgehead atoms. The van der Waals surface area contributed by atoms with E-state index in [0.29, 0.717) is 18.0 Å². The Hall–Kier alpha value is -2.01. The van der Waals surface area contributed by atoms with Crippen LogP contribution in [0.15, 0.2) is 46.9 Å². The molecule has 0 aliphatic heterocycles. The molecule has 0 atom stereocenters. The predicted octanol–water partition coefficient (Wildman–Crippen LogP) is 4.09. The Bertz CT molecular complexity index is 644. The van der Waals surface area contributed by atoms with Gasteiger partial charge in [-0.3, -0.25) is 0 Å². The number of carbonyl (C=O) groups excluding carboxylic acids is 1. The van der Waals surface area contributed by atoms with Crippen LogP contribution in [0.1, 0.15) is 11.1 Å². The van der Waals surface area contributed by atoms with Gasteiger partial charge in [-0.05, 0) is 30.7 Å². The second kappa shape index (κ2) is 7.13. The number of benzene rings is 2. The van der Waals surface area contributed by atoms with E-state index in [1.807, 2.05) is 37.3 Å². The van der Waals surface area contributed by atoms with Gasteiger partial charge in [0, 0.05) is 11.0 Å². The minimum absolute atomic E-state index is 0.270. The molecule has 2 amide bonds. The van der Waals surface area contributed by atoms with E-state index in [-0.39, 0.29) is 6.03 Å². The SMILES string of the molecule is COc1ccc(Br)cc1NC(=O)NCc1cccc(C)c1. The summed E-state index contributed by atoms with van der Waals surface area (Å²) in [6.07, 6.45) is 0. The lowest BCUT2D eigenvalue weighted by Gasteiger charge is -2.11. The maximum Gasteiger partial charge on any atom is 0.319 e. The van der Waals surface area contributed by atoms with E-state index in [2.05, 4.69) is 26.6 Å². The van der Waals surface area contributed by atoms with Crippen molar-refractivity contribution in [1.29, 1.82) is 0 Å². The number of aryl methyl sites for hydroxylation is 1. The minimum Gasteiger partial charge on any atom is -0.495 e. The van der Waals surface area contributed by atoms with Gasteiger partial charge in [0.05, 0.1) is 12.8 Å². The van der Waals surface area contributed by atoms with Gasteiger partial charge in [0.1, 0.15) is 5.75 Å². The van der Waals surface area contributed by atoms with Crippen molar-refractivity contribution in [3.05, 3.63) is 58.1 Å². The topological polar surface area (TPSA) is 50.4 Å². The lowest BCUT2D eigenvalue weighted by atomic mass is 10.1. The van der Waals surface area contributed by atoms with E-state index in [1.165, 1.54) is 5.56 Å². The Morgan fingerprint density at radius 1 is 1.24 bits per heavy atom. The lowest BCUT2D eigenvalue weighted by Crippen LogP contribution is -2.28. The second-order valence-electron chi connectivity index (χ2n) is 4.64. The van der Waals surface area contributed by atoms with Crippen LogP contribution in [-0.2, 0) is 6.54 Å². The van der Waals surface area contributed by atoms with E-state index in [0.717, 1.165) is 10.0 Å². The van der Waals surface area contributed by atoms with Crippen LogP contribution in [0.4, 0.5) is 10.5 Å². The van der Waals surface area contributed by atoms with Crippen molar-refractivity contribution < 1.29 is 9.53 Å². The molecule has 0 saturated carbocycles. The van der Waals surface area contributed by atoms with Gasteiger partial charge in [-0.25, -0.2) is 4.79 Å². The molecule has 5 heteroatoms. The number of methoxy groups -OCH3 is 1. The highest BCUT2D eigenvalue weighted by Gasteiger charge is 2.07. The molecule has 2 aromatic carbocycles. The highest BCUT2D eigenvalue weighted by molar-refractivity contribution is 9.10. The molecular weight excluding hydrogens is 332 g/mol. The van der Waals surface area contributed by atoms with Crippen LogP contribution in [0.2, 0.25) is 0 Å². The molecule has 4 nitrogen and oxygen atoms in total. The number of anilines is 1. The fourth-order valence-electron chi connectivity index (χ4n) is 1.95. The van der Waals surface area contributed by atoms with Crippen molar-refractivity contribution in [2.75, 3.05) is 12.4 Å². The van der Waals surface area contributed by atoms with Gasteiger partial charge in [-0.1, -0.05) is 45.8 Å². The van der Waals surface area contributed by atoms with E-state index >= 15 is 0 Å². The Morgan fingerprint density at radius 3 is 2.76 bits per heavy atom. The predicted molar refractivity (Wildman–Crippen MR) is 87.7 cm³/mol. The average molecular weight is 349 g/mol. The van der Waals surface area contributed by atoms with Crippen LogP contribution in [-0.4, -0.2) is 13.1 Å². The highest BCUT2D eigenvalue weighted by atomic mass is 79.9. The Balaban J connectivity index is 1.97. The first-order valence-electron chi connectivity index (χ1n) is 6.52. The number of carbonyl (C=O) groups is 1. The monoisotopic (exact) mass is 348 g/mol. The molecule has 0 unspecified atom stereocenters. The van der Waals surface area contributed by atoms with Gasteiger partial charge in [0.15, 0.2) is 0 Å². The van der Waals surface area contributed by atoms with Crippen LogP contribution >= 0.6 is 15.9 Å². The van der Waals surface area contributed by atoms with Crippen LogP contribution in [0, 0.1) is 6.92 Å². The summed E-state index contributed by atoms with van der Waals surface area (Å²) in [5.74, 6) is 0.615. The highest BCUT2D eigenvalue weighted by Crippen LogP contribution is 2.27. The molecule has 110 valence electrons. The zero-order valence-electron chi connectivity index (χ0n) is 11.9. The maximum absolute atomic E-state index is 12.0. The number of hydrogen-bond acceptors (Lipinski definition) is 2. The van der Waals surface area contributed by atoms with Gasteiger partial charge in [0.25, 0.3) is 0 Å². The molecule has 21 heavy (non-hydrogen) atoms. The first-order chi connectivity index (χ1) is 10.1. The molecule has 2 rings (SSSR count). The molecule has 0 saturated heterocycles. The van der Waals surface area contributed by atoms with Gasteiger partial charge in [0.2, 0.25) is 0 Å². The number of ether oxygens (including phenoxy) is 1. The first kappa shape index (κ1) is 15.4. The van der Waals surface area contributed by atoms with E-state index in [1.54, 1.807) is 19.2 Å². The minimum atomic E-state index is -0.270. The number of nitrogens with one attached hydrogen (secondary N) is 2. The number of amides is 2. The molecule has 0 radical (unpaired) electrons. The van der Waals surface area contributed by atoms with Crippen molar-refractivity contribution in [1.82, 2.24) is 5.32 Å². The fraction of sp³-hybridized carbons (Fsp3) is 0.188. The molecule has 0 fully saturated rings. The standard InChI is InChI=1S/C16H17BrN2O2/c1-11-4-3-5-12(8-11)10-18-16(20)19-14-9-13(17)6-7-15(14)21-2/h3-9H,10H2,1-2H3,(H2,18,19,20). The molecule has 0 aliphatic rings. The van der Waals surface area contributed by atoms with E-state index in [4.69, 9.17) is 4.74 Å². The van der Waals surface area contributed by atoms with Gasteiger partial charge < -0.3 is 15.4 Å². The van der Waals surface area contributed by atoms with Crippen LogP contribution in [0.25, 0.3) is 0 Å².